The number of halogens is 4. The summed E-state index contributed by atoms with van der Waals surface area (Å²) >= 11 is 15.8. The van der Waals surface area contributed by atoms with Gasteiger partial charge in [0.25, 0.3) is 0 Å². The molecule has 0 bridgehead atoms. The molecule has 0 nitrogen and oxygen atoms in total. The highest BCUT2D eigenvalue weighted by Crippen LogP contribution is 2.35. The Hall–Kier alpha value is 0.950. The summed E-state index contributed by atoms with van der Waals surface area (Å²) in [6, 6.07) is 3.80. The molecule has 0 atom stereocenters. The second-order valence-electron chi connectivity index (χ2n) is 1.66. The Bertz CT molecular complexity index is 232. The van der Waals surface area contributed by atoms with Crippen LogP contribution in [0.3, 0.4) is 0 Å². The van der Waals surface area contributed by atoms with Crippen LogP contribution in [-0.2, 0) is 0 Å². The van der Waals surface area contributed by atoms with Gasteiger partial charge in [-0.1, -0.05) is 11.6 Å². The number of hydrogen-bond donors (Lipinski definition) is 0. The zero-order valence-electron chi connectivity index (χ0n) is 4.67. The van der Waals surface area contributed by atoms with Gasteiger partial charge < -0.3 is 0 Å². The van der Waals surface area contributed by atoms with Gasteiger partial charge in [0.05, 0.1) is 9.50 Å². The molecule has 1 aromatic rings. The van der Waals surface area contributed by atoms with Crippen LogP contribution in [0.2, 0.25) is 5.02 Å². The number of hydrogen-bond acceptors (Lipinski definition) is 0. The minimum atomic E-state index is 0.689. The first-order valence-electron chi connectivity index (χ1n) is 2.42. The van der Waals surface area contributed by atoms with Crippen LogP contribution in [0.15, 0.2) is 25.6 Å². The maximum absolute atomic E-state index is 5.86. The van der Waals surface area contributed by atoms with Gasteiger partial charge in [0.1, 0.15) is 0 Å². The summed E-state index contributed by atoms with van der Waals surface area (Å²) < 4.78 is 2.73. The fourth-order valence-electron chi connectivity index (χ4n) is 0.502. The van der Waals surface area contributed by atoms with Crippen molar-refractivity contribution in [3.8, 4) is 0 Å². The van der Waals surface area contributed by atoms with Crippen molar-refractivity contribution in [1.29, 1.82) is 0 Å². The van der Waals surface area contributed by atoms with Gasteiger partial charge in [-0.3, -0.25) is 0 Å². The third-order valence-corrected chi connectivity index (χ3v) is 4.51. The third kappa shape index (κ3) is 1.76. The molecule has 10 heavy (non-hydrogen) atoms. The van der Waals surface area contributed by atoms with Crippen LogP contribution in [-0.4, -0.2) is 0 Å². The number of rotatable bonds is 0. The van der Waals surface area contributed by atoms with Gasteiger partial charge in [0.15, 0.2) is 0 Å². The van der Waals surface area contributed by atoms with Crippen molar-refractivity contribution in [2.24, 2.45) is 0 Å². The molecule has 0 saturated heterocycles. The Morgan fingerprint density at radius 1 is 1.00 bits per heavy atom. The molecule has 0 aliphatic rings. The monoisotopic (exact) mass is 346 g/mol. The van der Waals surface area contributed by atoms with Gasteiger partial charge in [-0.15, -0.1) is 0 Å². The highest BCUT2D eigenvalue weighted by Gasteiger charge is 2.04. The van der Waals surface area contributed by atoms with Crippen molar-refractivity contribution in [3.63, 3.8) is 0 Å². The topological polar surface area (TPSA) is 0 Å². The molecule has 0 saturated carbocycles. The van der Waals surface area contributed by atoms with Crippen molar-refractivity contribution >= 4 is 59.4 Å². The zero-order chi connectivity index (χ0) is 7.72. The van der Waals surface area contributed by atoms with E-state index in [4.69, 9.17) is 11.6 Å². The lowest BCUT2D eigenvalue weighted by atomic mass is 10.4. The van der Waals surface area contributed by atoms with Crippen molar-refractivity contribution in [2.75, 3.05) is 0 Å². The summed E-state index contributed by atoms with van der Waals surface area (Å²) in [4.78, 5) is 0. The predicted octanol–water partition coefficient (Wildman–Crippen LogP) is 4.63. The third-order valence-electron chi connectivity index (χ3n) is 0.988. The van der Waals surface area contributed by atoms with Gasteiger partial charge in [-0.05, 0) is 59.9 Å². The van der Waals surface area contributed by atoms with E-state index in [0.717, 1.165) is 13.4 Å². The second kappa shape index (κ2) is 3.57. The second-order valence-corrected chi connectivity index (χ2v) is 4.54. The van der Waals surface area contributed by atoms with E-state index in [1.54, 1.807) is 0 Å². The molecular weight excluding hydrogens is 347 g/mol. The molecule has 0 fully saturated rings. The van der Waals surface area contributed by atoms with Crippen LogP contribution < -0.4 is 0 Å². The van der Waals surface area contributed by atoms with Gasteiger partial charge >= 0.3 is 0 Å². The Morgan fingerprint density at radius 3 is 2.00 bits per heavy atom. The molecule has 0 spiro atoms. The van der Waals surface area contributed by atoms with Crippen LogP contribution in [0.1, 0.15) is 0 Å². The van der Waals surface area contributed by atoms with E-state index in [9.17, 15) is 0 Å². The van der Waals surface area contributed by atoms with Crippen LogP contribution in [0.4, 0.5) is 0 Å². The Kier molecular flexibility index (Phi) is 3.22. The molecule has 1 aromatic carbocycles. The van der Waals surface area contributed by atoms with Crippen LogP contribution >= 0.6 is 59.4 Å². The van der Waals surface area contributed by atoms with E-state index in [1.165, 1.54) is 0 Å². The first kappa shape index (κ1) is 9.04. The summed E-state index contributed by atoms with van der Waals surface area (Å²) in [6.45, 7) is 0. The molecule has 0 amide bonds. The molecule has 54 valence electrons. The Balaban J connectivity index is 3.34. The smallest absolute Gasteiger partial charge is 0.0701 e. The van der Waals surface area contributed by atoms with E-state index in [2.05, 4.69) is 47.8 Å². The van der Waals surface area contributed by atoms with Crippen molar-refractivity contribution < 1.29 is 0 Å². The van der Waals surface area contributed by atoms with E-state index < -0.39 is 0 Å². The van der Waals surface area contributed by atoms with Gasteiger partial charge in [-0.2, -0.15) is 0 Å². The Morgan fingerprint density at radius 2 is 1.50 bits per heavy atom. The average Bonchev–Trinajstić information content (AvgIpc) is 1.93. The lowest BCUT2D eigenvalue weighted by Gasteiger charge is -1.99. The van der Waals surface area contributed by atoms with E-state index in [-0.39, 0.29) is 0 Å². The van der Waals surface area contributed by atoms with Gasteiger partial charge in [-0.25, -0.2) is 0 Å². The highest BCUT2D eigenvalue weighted by molar-refractivity contribution is 9.13. The quantitative estimate of drug-likeness (QED) is 0.473. The highest BCUT2D eigenvalue weighted by atomic mass is 79.9. The average molecular weight is 349 g/mol. The normalized spacial score (nSPS) is 10.0. The molecule has 0 aliphatic heterocycles. The number of benzene rings is 1. The molecule has 1 rings (SSSR count). The fourth-order valence-corrected chi connectivity index (χ4v) is 2.05. The van der Waals surface area contributed by atoms with Crippen LogP contribution in [0.25, 0.3) is 0 Å². The predicted molar refractivity (Wildman–Crippen MR) is 54.6 cm³/mol. The molecule has 0 unspecified atom stereocenters. The molecular formula is C6H2Br3Cl. The van der Waals surface area contributed by atoms with E-state index >= 15 is 0 Å². The van der Waals surface area contributed by atoms with Crippen molar-refractivity contribution in [2.45, 2.75) is 0 Å². The fraction of sp³-hybridized carbons (Fsp3) is 0. The summed E-state index contributed by atoms with van der Waals surface area (Å²) in [5.74, 6) is 0. The van der Waals surface area contributed by atoms with Crippen LogP contribution in [0, 0.1) is 0 Å². The van der Waals surface area contributed by atoms with Crippen molar-refractivity contribution in [1.82, 2.24) is 0 Å². The van der Waals surface area contributed by atoms with Crippen LogP contribution in [0.5, 0.6) is 0 Å². The minimum Gasteiger partial charge on any atom is -0.0818 e. The molecule has 4 heteroatoms. The summed E-state index contributed by atoms with van der Waals surface area (Å²) in [5, 5.41) is 0.689. The van der Waals surface area contributed by atoms with E-state index in [1.807, 2.05) is 12.1 Å². The van der Waals surface area contributed by atoms with Gasteiger partial charge in [0, 0.05) is 8.95 Å². The summed E-state index contributed by atoms with van der Waals surface area (Å²) in [7, 11) is 0. The summed E-state index contributed by atoms with van der Waals surface area (Å²) in [6.07, 6.45) is 0. The molecule has 0 aromatic heterocycles. The van der Waals surface area contributed by atoms with E-state index in [0.29, 0.717) is 5.02 Å². The lowest BCUT2D eigenvalue weighted by molar-refractivity contribution is 1.55. The zero-order valence-corrected chi connectivity index (χ0v) is 10.2. The maximum atomic E-state index is 5.86. The molecule has 0 N–H and O–H groups in total. The molecule has 0 aliphatic carbocycles. The molecule has 0 radical (unpaired) electrons. The molecule has 0 heterocycles. The first-order chi connectivity index (χ1) is 4.63. The SMILES string of the molecule is Clc1c(Br)ccc(Br)c1Br. The Labute approximate surface area is 89.3 Å². The summed E-state index contributed by atoms with van der Waals surface area (Å²) in [5.41, 5.74) is 0. The largest absolute Gasteiger partial charge is 0.0818 e. The minimum absolute atomic E-state index is 0.689. The van der Waals surface area contributed by atoms with Gasteiger partial charge in [0.2, 0.25) is 0 Å². The van der Waals surface area contributed by atoms with Crippen molar-refractivity contribution in [3.05, 3.63) is 30.6 Å². The first-order valence-corrected chi connectivity index (χ1v) is 5.17. The standard InChI is InChI=1S/C6H2Br3Cl/c7-3-1-2-4(8)6(10)5(3)9/h1-2H. The maximum Gasteiger partial charge on any atom is 0.0701 e. The lowest BCUT2D eigenvalue weighted by Crippen LogP contribution is -1.73.